The zero-order valence-corrected chi connectivity index (χ0v) is 13.2. The summed E-state index contributed by atoms with van der Waals surface area (Å²) < 4.78 is 0. The maximum atomic E-state index is 12.6. The molecule has 2 rings (SSSR count). The van der Waals surface area contributed by atoms with Crippen LogP contribution in [-0.2, 0) is 19.8 Å². The van der Waals surface area contributed by atoms with Crippen molar-refractivity contribution in [3.05, 3.63) is 39.9 Å². The van der Waals surface area contributed by atoms with E-state index in [0.29, 0.717) is 5.56 Å². The first kappa shape index (κ1) is 16.2. The van der Waals surface area contributed by atoms with Gasteiger partial charge in [0, 0.05) is 5.56 Å². The predicted molar refractivity (Wildman–Crippen MR) is 82.7 cm³/mol. The van der Waals surface area contributed by atoms with Crippen LogP contribution in [0.25, 0.3) is 5.76 Å². The number of hydrogen-bond donors (Lipinski definition) is 2. The standard InChI is InChI=1S/C16H16ClNO4/c1-8(19)7-18-15(22)12-13(20)11-9(5-4-6-10(11)17)16(2,3)14(12)21/h4-6,20H,7H2,1-3H3,(H,18,22). The van der Waals surface area contributed by atoms with E-state index in [4.69, 9.17) is 11.6 Å². The van der Waals surface area contributed by atoms with Gasteiger partial charge in [-0.3, -0.25) is 14.4 Å². The summed E-state index contributed by atoms with van der Waals surface area (Å²) in [5.41, 5.74) is -0.533. The van der Waals surface area contributed by atoms with Gasteiger partial charge in [0.1, 0.15) is 17.1 Å². The molecule has 0 bridgehead atoms. The fourth-order valence-electron chi connectivity index (χ4n) is 2.46. The highest BCUT2D eigenvalue weighted by molar-refractivity contribution is 6.35. The Morgan fingerprint density at radius 2 is 1.95 bits per heavy atom. The van der Waals surface area contributed by atoms with Gasteiger partial charge < -0.3 is 10.4 Å². The molecule has 0 spiro atoms. The number of aliphatic hydroxyl groups excluding tert-OH is 1. The lowest BCUT2D eigenvalue weighted by atomic mass is 9.71. The highest BCUT2D eigenvalue weighted by Crippen LogP contribution is 2.42. The Balaban J connectivity index is 2.60. The molecule has 0 fully saturated rings. The summed E-state index contributed by atoms with van der Waals surface area (Å²) in [6.45, 7) is 4.43. The number of carbonyl (C=O) groups excluding carboxylic acids is 3. The van der Waals surface area contributed by atoms with Crippen LogP contribution in [-0.4, -0.2) is 29.1 Å². The van der Waals surface area contributed by atoms with Crippen LogP contribution < -0.4 is 5.32 Å². The van der Waals surface area contributed by atoms with Crippen molar-refractivity contribution in [2.75, 3.05) is 6.54 Å². The first-order chi connectivity index (χ1) is 10.2. The van der Waals surface area contributed by atoms with Crippen molar-refractivity contribution in [1.82, 2.24) is 5.32 Å². The molecule has 1 aromatic rings. The number of fused-ring (bicyclic) bond motifs is 1. The minimum absolute atomic E-state index is 0.210. The van der Waals surface area contributed by atoms with E-state index in [1.807, 2.05) is 0 Å². The molecule has 5 nitrogen and oxygen atoms in total. The molecule has 2 N–H and O–H groups in total. The maximum absolute atomic E-state index is 12.6. The van der Waals surface area contributed by atoms with Gasteiger partial charge in [0.2, 0.25) is 0 Å². The summed E-state index contributed by atoms with van der Waals surface area (Å²) in [6, 6.07) is 4.96. The number of hydrogen-bond acceptors (Lipinski definition) is 4. The van der Waals surface area contributed by atoms with E-state index in [2.05, 4.69) is 5.32 Å². The smallest absolute Gasteiger partial charge is 0.259 e. The summed E-state index contributed by atoms with van der Waals surface area (Å²) in [6.07, 6.45) is 0. The Kier molecular flexibility index (Phi) is 4.11. The van der Waals surface area contributed by atoms with Crippen LogP contribution in [0.3, 0.4) is 0 Å². The molecular formula is C16H16ClNO4. The lowest BCUT2D eigenvalue weighted by Gasteiger charge is -2.32. The number of Topliss-reactive ketones (excluding diaryl/α,β-unsaturated/α-hetero) is 2. The van der Waals surface area contributed by atoms with Gasteiger partial charge >= 0.3 is 0 Å². The number of halogens is 1. The van der Waals surface area contributed by atoms with Gasteiger partial charge in [-0.05, 0) is 32.4 Å². The second-order valence-corrected chi connectivity index (χ2v) is 6.13. The second-order valence-electron chi connectivity index (χ2n) is 5.72. The molecule has 0 radical (unpaired) electrons. The Morgan fingerprint density at radius 1 is 1.32 bits per heavy atom. The molecule has 0 saturated carbocycles. The third kappa shape index (κ3) is 2.52. The largest absolute Gasteiger partial charge is 0.506 e. The van der Waals surface area contributed by atoms with E-state index in [1.54, 1.807) is 32.0 Å². The molecule has 0 unspecified atom stereocenters. The van der Waals surface area contributed by atoms with Gasteiger partial charge in [-0.2, -0.15) is 0 Å². The van der Waals surface area contributed by atoms with E-state index in [1.165, 1.54) is 6.92 Å². The van der Waals surface area contributed by atoms with Crippen LogP contribution in [0.5, 0.6) is 0 Å². The van der Waals surface area contributed by atoms with E-state index in [0.717, 1.165) is 0 Å². The van der Waals surface area contributed by atoms with Crippen LogP contribution in [0, 0.1) is 0 Å². The molecule has 1 aromatic carbocycles. The van der Waals surface area contributed by atoms with Crippen LogP contribution in [0.15, 0.2) is 23.8 Å². The molecule has 116 valence electrons. The van der Waals surface area contributed by atoms with Crippen LogP contribution in [0.2, 0.25) is 5.02 Å². The highest BCUT2D eigenvalue weighted by atomic mass is 35.5. The maximum Gasteiger partial charge on any atom is 0.259 e. The third-order valence-corrected chi connectivity index (χ3v) is 4.00. The highest BCUT2D eigenvalue weighted by Gasteiger charge is 2.43. The second kappa shape index (κ2) is 5.57. The van der Waals surface area contributed by atoms with Crippen molar-refractivity contribution in [2.45, 2.75) is 26.2 Å². The molecular weight excluding hydrogens is 306 g/mol. The first-order valence-corrected chi connectivity index (χ1v) is 7.10. The Morgan fingerprint density at radius 3 is 2.55 bits per heavy atom. The Bertz CT molecular complexity index is 719. The van der Waals surface area contributed by atoms with Crippen molar-refractivity contribution < 1.29 is 19.5 Å². The van der Waals surface area contributed by atoms with Gasteiger partial charge in [0.15, 0.2) is 5.78 Å². The molecule has 22 heavy (non-hydrogen) atoms. The molecule has 1 aliphatic rings. The third-order valence-electron chi connectivity index (χ3n) is 3.68. The van der Waals surface area contributed by atoms with Crippen molar-refractivity contribution >= 4 is 34.8 Å². The first-order valence-electron chi connectivity index (χ1n) is 6.73. The fraction of sp³-hybridized carbons (Fsp3) is 0.312. The average Bonchev–Trinajstić information content (AvgIpc) is 2.43. The van der Waals surface area contributed by atoms with Crippen molar-refractivity contribution in [3.63, 3.8) is 0 Å². The molecule has 0 aliphatic heterocycles. The minimum Gasteiger partial charge on any atom is -0.506 e. The van der Waals surface area contributed by atoms with Gasteiger partial charge in [0.25, 0.3) is 5.91 Å². The molecule has 0 heterocycles. The van der Waals surface area contributed by atoms with Gasteiger partial charge in [-0.15, -0.1) is 0 Å². The summed E-state index contributed by atoms with van der Waals surface area (Å²) in [4.78, 5) is 35.8. The zero-order valence-electron chi connectivity index (χ0n) is 12.5. The predicted octanol–water partition coefficient (Wildman–Crippen LogP) is 2.17. The Labute approximate surface area is 133 Å². The molecule has 0 saturated heterocycles. The molecule has 0 aromatic heterocycles. The SMILES string of the molecule is CC(=O)CNC(=O)C1=C(O)c2c(Cl)cccc2C(C)(C)C1=O. The van der Waals surface area contributed by atoms with Crippen LogP contribution in [0.1, 0.15) is 31.9 Å². The van der Waals surface area contributed by atoms with Crippen molar-refractivity contribution in [3.8, 4) is 0 Å². The molecule has 6 heteroatoms. The average molecular weight is 322 g/mol. The fourth-order valence-corrected chi connectivity index (χ4v) is 2.72. The van der Waals surface area contributed by atoms with Gasteiger partial charge in [-0.25, -0.2) is 0 Å². The summed E-state index contributed by atoms with van der Waals surface area (Å²) in [7, 11) is 0. The summed E-state index contributed by atoms with van der Waals surface area (Å²) in [5.74, 6) is -2.00. The quantitative estimate of drug-likeness (QED) is 0.836. The number of amides is 1. The Hall–Kier alpha value is -2.14. The van der Waals surface area contributed by atoms with E-state index >= 15 is 0 Å². The number of rotatable bonds is 3. The number of ketones is 2. The topological polar surface area (TPSA) is 83.5 Å². The monoisotopic (exact) mass is 321 g/mol. The van der Waals surface area contributed by atoms with Crippen LogP contribution in [0.4, 0.5) is 0 Å². The number of benzene rings is 1. The van der Waals surface area contributed by atoms with Gasteiger partial charge in [0.05, 0.1) is 17.0 Å². The molecule has 1 amide bonds. The minimum atomic E-state index is -1.00. The van der Waals surface area contributed by atoms with Crippen LogP contribution >= 0.6 is 11.6 Å². The van der Waals surface area contributed by atoms with E-state index in [-0.39, 0.29) is 28.5 Å². The number of carbonyl (C=O) groups is 3. The molecule has 1 aliphatic carbocycles. The number of nitrogens with one attached hydrogen (secondary N) is 1. The lowest BCUT2D eigenvalue weighted by Crippen LogP contribution is -2.42. The zero-order chi connectivity index (χ0) is 16.7. The molecule has 0 atom stereocenters. The number of aliphatic hydroxyl groups is 1. The summed E-state index contributed by atoms with van der Waals surface area (Å²) >= 11 is 6.12. The lowest BCUT2D eigenvalue weighted by molar-refractivity contribution is -0.126. The normalized spacial score (nSPS) is 16.3. The van der Waals surface area contributed by atoms with Crippen molar-refractivity contribution in [2.24, 2.45) is 0 Å². The summed E-state index contributed by atoms with van der Waals surface area (Å²) in [5, 5.41) is 13.0. The van der Waals surface area contributed by atoms with E-state index in [9.17, 15) is 19.5 Å². The van der Waals surface area contributed by atoms with Crippen molar-refractivity contribution in [1.29, 1.82) is 0 Å². The van der Waals surface area contributed by atoms with E-state index < -0.39 is 22.9 Å². The van der Waals surface area contributed by atoms with Gasteiger partial charge in [-0.1, -0.05) is 23.7 Å².